The Morgan fingerprint density at radius 2 is 2.06 bits per heavy atom. The quantitative estimate of drug-likeness (QED) is 0.709. The number of carbonyl (C=O) groups excluding carboxylic acids is 2. The van der Waals surface area contributed by atoms with Crippen molar-refractivity contribution in [3.63, 3.8) is 0 Å². The van der Waals surface area contributed by atoms with Crippen molar-refractivity contribution in [2.45, 2.75) is 26.3 Å². The van der Waals surface area contributed by atoms with Gasteiger partial charge in [0.2, 0.25) is 11.6 Å². The monoisotopic (exact) mass is 249 g/mol. The van der Waals surface area contributed by atoms with Crippen molar-refractivity contribution in [3.05, 3.63) is 24.4 Å². The summed E-state index contributed by atoms with van der Waals surface area (Å²) in [5, 5.41) is 5.41. The minimum atomic E-state index is -0.722. The summed E-state index contributed by atoms with van der Waals surface area (Å²) in [5.74, 6) is -1.03. The Morgan fingerprint density at radius 3 is 2.72 bits per heavy atom. The predicted molar refractivity (Wildman–Crippen MR) is 70.9 cm³/mol. The second-order valence-electron chi connectivity index (χ2n) is 4.29. The van der Waals surface area contributed by atoms with Crippen molar-refractivity contribution in [1.82, 2.24) is 5.01 Å². The van der Waals surface area contributed by atoms with Crippen molar-refractivity contribution >= 4 is 17.8 Å². The van der Waals surface area contributed by atoms with Gasteiger partial charge in [-0.3, -0.25) is 14.6 Å². The third-order valence-electron chi connectivity index (χ3n) is 2.92. The van der Waals surface area contributed by atoms with E-state index in [1.807, 2.05) is 13.8 Å². The van der Waals surface area contributed by atoms with Crippen LogP contribution >= 0.6 is 0 Å². The minimum absolute atomic E-state index is 0.00583. The lowest BCUT2D eigenvalue weighted by Crippen LogP contribution is -2.43. The molecule has 0 saturated carbocycles. The maximum absolute atomic E-state index is 11.8. The van der Waals surface area contributed by atoms with Crippen LogP contribution in [0.1, 0.15) is 20.3 Å². The first-order valence-electron chi connectivity index (χ1n) is 6.03. The smallest absolute Gasteiger partial charge is 0.221 e. The molecular formula is C13H19N3O2. The van der Waals surface area contributed by atoms with Gasteiger partial charge in [0.05, 0.1) is 6.04 Å². The van der Waals surface area contributed by atoms with Crippen LogP contribution in [0.15, 0.2) is 29.5 Å². The molecule has 5 heteroatoms. The molecule has 1 aliphatic rings. The molecule has 0 radical (unpaired) electrons. The average molecular weight is 249 g/mol. The first kappa shape index (κ1) is 14.3. The first-order valence-corrected chi connectivity index (χ1v) is 6.03. The van der Waals surface area contributed by atoms with E-state index in [0.29, 0.717) is 0 Å². The van der Waals surface area contributed by atoms with Gasteiger partial charge in [-0.15, -0.1) is 0 Å². The molecular weight excluding hydrogens is 230 g/mol. The van der Waals surface area contributed by atoms with E-state index in [4.69, 9.17) is 5.73 Å². The van der Waals surface area contributed by atoms with Gasteiger partial charge >= 0.3 is 0 Å². The largest absolute Gasteiger partial charge is 0.321 e. The molecule has 0 spiro atoms. The molecule has 5 nitrogen and oxygen atoms in total. The Hall–Kier alpha value is -1.75. The molecule has 0 unspecified atom stereocenters. The van der Waals surface area contributed by atoms with Crippen LogP contribution in [-0.4, -0.2) is 35.4 Å². The van der Waals surface area contributed by atoms with E-state index in [2.05, 4.69) is 5.10 Å². The predicted octanol–water partition coefficient (Wildman–Crippen LogP) is 0.869. The molecule has 0 aromatic heterocycles. The summed E-state index contributed by atoms with van der Waals surface area (Å²) in [7, 11) is 0. The van der Waals surface area contributed by atoms with Gasteiger partial charge < -0.3 is 5.73 Å². The molecule has 2 N–H and O–H groups in total. The van der Waals surface area contributed by atoms with Crippen LogP contribution in [0.2, 0.25) is 0 Å². The van der Waals surface area contributed by atoms with Crippen molar-refractivity contribution in [2.24, 2.45) is 16.8 Å². The number of hydrogen-bond donors (Lipinski definition) is 1. The van der Waals surface area contributed by atoms with Crippen molar-refractivity contribution in [1.29, 1.82) is 0 Å². The first-order chi connectivity index (χ1) is 8.56. The van der Waals surface area contributed by atoms with E-state index >= 15 is 0 Å². The zero-order valence-corrected chi connectivity index (χ0v) is 10.7. The molecule has 0 aromatic carbocycles. The number of ketones is 2. The number of nitrogens with two attached hydrogens (primary N) is 1. The van der Waals surface area contributed by atoms with Crippen LogP contribution in [0.3, 0.4) is 0 Å². The standard InChI is InChI=1S/C13H19N3O2/c1-3-10(2)12(14)13(18)11(17)9-16-8-6-4-5-7-15-16/h4-8,10,12H,3,9,14H2,1-2H3/t10-,12-/m0/s1. The molecule has 1 aliphatic heterocycles. The molecule has 1 heterocycles. The number of hydrogen-bond acceptors (Lipinski definition) is 5. The zero-order chi connectivity index (χ0) is 13.5. The fourth-order valence-electron chi connectivity index (χ4n) is 1.44. The molecule has 0 amide bonds. The van der Waals surface area contributed by atoms with Gasteiger partial charge in [-0.1, -0.05) is 26.3 Å². The van der Waals surface area contributed by atoms with E-state index in [1.165, 1.54) is 5.01 Å². The summed E-state index contributed by atoms with van der Waals surface area (Å²) in [4.78, 5) is 23.6. The van der Waals surface area contributed by atoms with Crippen LogP contribution in [0.4, 0.5) is 0 Å². The maximum atomic E-state index is 11.8. The van der Waals surface area contributed by atoms with Crippen molar-refractivity contribution < 1.29 is 9.59 Å². The second kappa shape index (κ2) is 6.86. The number of nitrogens with zero attached hydrogens (tertiary/aromatic N) is 2. The Labute approximate surface area is 107 Å². The van der Waals surface area contributed by atoms with Gasteiger partial charge in [-0.05, 0) is 18.1 Å². The molecule has 98 valence electrons. The van der Waals surface area contributed by atoms with E-state index in [1.54, 1.807) is 30.6 Å². The SMILES string of the molecule is CC[C@H](C)[C@H](N)C(=O)C(=O)CN1C=CC=CC=N1. The summed E-state index contributed by atoms with van der Waals surface area (Å²) < 4.78 is 0. The van der Waals surface area contributed by atoms with Crippen LogP contribution in [0.25, 0.3) is 0 Å². The Bertz CT molecular complexity index is 383. The zero-order valence-electron chi connectivity index (χ0n) is 10.7. The lowest BCUT2D eigenvalue weighted by molar-refractivity contribution is -0.138. The number of carbonyl (C=O) groups is 2. The normalized spacial score (nSPS) is 17.4. The van der Waals surface area contributed by atoms with E-state index in [-0.39, 0.29) is 12.5 Å². The highest BCUT2D eigenvalue weighted by Gasteiger charge is 2.26. The van der Waals surface area contributed by atoms with E-state index in [0.717, 1.165) is 6.42 Å². The topological polar surface area (TPSA) is 75.8 Å². The van der Waals surface area contributed by atoms with Crippen LogP contribution in [-0.2, 0) is 9.59 Å². The summed E-state index contributed by atoms with van der Waals surface area (Å²) >= 11 is 0. The molecule has 0 fully saturated rings. The average Bonchev–Trinajstić information content (AvgIpc) is 2.64. The van der Waals surface area contributed by atoms with E-state index < -0.39 is 17.6 Å². The Kier molecular flexibility index (Phi) is 5.45. The van der Waals surface area contributed by atoms with Gasteiger partial charge in [0.25, 0.3) is 0 Å². The van der Waals surface area contributed by atoms with E-state index in [9.17, 15) is 9.59 Å². The minimum Gasteiger partial charge on any atom is -0.321 e. The highest BCUT2D eigenvalue weighted by molar-refractivity contribution is 6.39. The van der Waals surface area contributed by atoms with Gasteiger partial charge in [-0.2, -0.15) is 5.10 Å². The highest BCUT2D eigenvalue weighted by atomic mass is 16.2. The molecule has 0 saturated heterocycles. The van der Waals surface area contributed by atoms with Crippen LogP contribution in [0, 0.1) is 5.92 Å². The lowest BCUT2D eigenvalue weighted by atomic mass is 9.94. The maximum Gasteiger partial charge on any atom is 0.221 e. The van der Waals surface area contributed by atoms with Gasteiger partial charge in [0.1, 0.15) is 6.54 Å². The van der Waals surface area contributed by atoms with Gasteiger partial charge in [0, 0.05) is 12.4 Å². The fourth-order valence-corrected chi connectivity index (χ4v) is 1.44. The molecule has 0 aromatic rings. The van der Waals surface area contributed by atoms with Crippen LogP contribution in [0.5, 0.6) is 0 Å². The van der Waals surface area contributed by atoms with Crippen molar-refractivity contribution in [2.75, 3.05) is 6.54 Å². The highest BCUT2D eigenvalue weighted by Crippen LogP contribution is 2.07. The van der Waals surface area contributed by atoms with Gasteiger partial charge in [0.15, 0.2) is 0 Å². The molecule has 2 atom stereocenters. The summed E-state index contributed by atoms with van der Waals surface area (Å²) in [5.41, 5.74) is 5.75. The number of allylic oxidation sites excluding steroid dienone is 3. The summed E-state index contributed by atoms with van der Waals surface area (Å²) in [6, 6.07) is -0.722. The Balaban J connectivity index is 2.57. The number of Topliss-reactive ketones (excluding diaryl/α,β-unsaturated/α-hetero) is 2. The third-order valence-corrected chi connectivity index (χ3v) is 2.92. The van der Waals surface area contributed by atoms with Crippen LogP contribution < -0.4 is 5.73 Å². The third kappa shape index (κ3) is 3.92. The molecule has 1 rings (SSSR count). The second-order valence-corrected chi connectivity index (χ2v) is 4.29. The Morgan fingerprint density at radius 1 is 1.33 bits per heavy atom. The summed E-state index contributed by atoms with van der Waals surface area (Å²) in [6.07, 6.45) is 9.26. The molecule has 0 aliphatic carbocycles. The molecule has 0 bridgehead atoms. The fraction of sp³-hybridized carbons (Fsp3) is 0.462. The van der Waals surface area contributed by atoms with Crippen molar-refractivity contribution in [3.8, 4) is 0 Å². The molecule has 18 heavy (non-hydrogen) atoms. The van der Waals surface area contributed by atoms with Gasteiger partial charge in [-0.25, -0.2) is 0 Å². The number of rotatable bonds is 6. The number of hydrazone groups is 1. The lowest BCUT2D eigenvalue weighted by Gasteiger charge is -2.17. The summed E-state index contributed by atoms with van der Waals surface area (Å²) in [6.45, 7) is 3.73.